The van der Waals surface area contributed by atoms with E-state index < -0.39 is 19.4 Å². The molecule has 0 fully saturated rings. The van der Waals surface area contributed by atoms with E-state index in [9.17, 15) is 14.5 Å². The molecule has 0 bridgehead atoms. The van der Waals surface area contributed by atoms with Crippen molar-refractivity contribution in [1.29, 1.82) is 0 Å². The second-order valence-corrected chi connectivity index (χ2v) is 3.19. The fourth-order valence-corrected chi connectivity index (χ4v) is 1.11. The van der Waals surface area contributed by atoms with E-state index in [1.54, 1.807) is 6.92 Å². The van der Waals surface area contributed by atoms with Crippen molar-refractivity contribution < 1.29 is 48.8 Å². The zero-order valence-electron chi connectivity index (χ0n) is 6.86. The Labute approximate surface area is 88.4 Å². The van der Waals surface area contributed by atoms with E-state index in [-0.39, 0.29) is 36.0 Å². The number of ether oxygens (including phenoxy) is 1. The number of carbonyl (C=O) groups excluding carboxylic acids is 1. The number of hydrogen-bond donors (Lipinski definition) is 0. The molecule has 2 unspecified atom stereocenters. The van der Waals surface area contributed by atoms with Crippen LogP contribution in [0.25, 0.3) is 0 Å². The molecule has 0 aliphatic carbocycles. The standard InChI is InChI=1S/C5H9O4P.Na/c1-3-4(6)10(8)5(7)9-2;/h5H,3H2,1-2H3;/q;+1. The molecule has 0 aliphatic heterocycles. The molecular weight excluding hydrogens is 178 g/mol. The number of carbonyl (C=O) groups is 1. The fourth-order valence-electron chi connectivity index (χ4n) is 0.369. The second kappa shape index (κ2) is 7.35. The van der Waals surface area contributed by atoms with E-state index >= 15 is 0 Å². The molecular formula is C5H9NaO4P+. The third-order valence-electron chi connectivity index (χ3n) is 0.941. The summed E-state index contributed by atoms with van der Waals surface area (Å²) in [5.74, 6) is 0. The van der Waals surface area contributed by atoms with Gasteiger partial charge in [-0.05, 0) is 0 Å². The van der Waals surface area contributed by atoms with Crippen LogP contribution in [0, 0.1) is 0 Å². The molecule has 0 aromatic heterocycles. The Kier molecular flexibility index (Phi) is 9.50. The van der Waals surface area contributed by atoms with E-state index in [4.69, 9.17) is 0 Å². The minimum atomic E-state index is -2.37. The zero-order valence-corrected chi connectivity index (χ0v) is 9.76. The smallest absolute Gasteiger partial charge is 0.790 e. The molecule has 11 heavy (non-hydrogen) atoms. The molecule has 0 amide bonds. The van der Waals surface area contributed by atoms with Crippen LogP contribution in [-0.4, -0.2) is 18.7 Å². The molecule has 0 heterocycles. The van der Waals surface area contributed by atoms with Gasteiger partial charge in [0.15, 0.2) is 0 Å². The van der Waals surface area contributed by atoms with E-state index in [2.05, 4.69) is 4.74 Å². The first-order chi connectivity index (χ1) is 4.63. The number of hydrogen-bond acceptors (Lipinski definition) is 4. The van der Waals surface area contributed by atoms with Gasteiger partial charge in [0.2, 0.25) is 6.03 Å². The van der Waals surface area contributed by atoms with Crippen LogP contribution in [0.3, 0.4) is 0 Å². The van der Waals surface area contributed by atoms with Gasteiger partial charge in [0.25, 0.3) is 0 Å². The summed E-state index contributed by atoms with van der Waals surface area (Å²) in [7, 11) is -1.24. The normalized spacial score (nSPS) is 13.2. The van der Waals surface area contributed by atoms with Gasteiger partial charge in [-0.15, -0.1) is 0 Å². The van der Waals surface area contributed by atoms with Gasteiger partial charge in [-0.25, -0.2) is 4.79 Å². The summed E-state index contributed by atoms with van der Waals surface area (Å²) < 4.78 is 14.8. The number of rotatable bonds is 4. The van der Waals surface area contributed by atoms with Crippen molar-refractivity contribution in [3.05, 3.63) is 0 Å². The second-order valence-electron chi connectivity index (χ2n) is 1.62. The zero-order chi connectivity index (χ0) is 8.15. The van der Waals surface area contributed by atoms with Crippen LogP contribution in [0.4, 0.5) is 0 Å². The fraction of sp³-hybridized carbons (Fsp3) is 0.800. The Hall–Kier alpha value is 0.690. The SMILES string of the molecule is CCC(=O)[P+](=O)C([O-])OC.[Na+]. The molecule has 0 saturated carbocycles. The van der Waals surface area contributed by atoms with Crippen molar-refractivity contribution in [2.75, 3.05) is 7.11 Å². The topological polar surface area (TPSA) is 66.4 Å². The first-order valence-corrected chi connectivity index (χ1v) is 4.14. The average Bonchev–Trinajstić information content (AvgIpc) is 2.00. The predicted molar refractivity (Wildman–Crippen MR) is 33.7 cm³/mol. The van der Waals surface area contributed by atoms with E-state index in [0.29, 0.717) is 0 Å². The van der Waals surface area contributed by atoms with Crippen molar-refractivity contribution in [1.82, 2.24) is 0 Å². The molecule has 4 nitrogen and oxygen atoms in total. The minimum absolute atomic E-state index is 0. The third kappa shape index (κ3) is 5.01. The van der Waals surface area contributed by atoms with Crippen molar-refractivity contribution in [2.45, 2.75) is 19.4 Å². The molecule has 2 atom stereocenters. The summed E-state index contributed by atoms with van der Waals surface area (Å²) in [6, 6.07) is -1.69. The molecule has 58 valence electrons. The van der Waals surface area contributed by atoms with Crippen LogP contribution in [0.1, 0.15) is 13.3 Å². The Morgan fingerprint density at radius 1 is 1.73 bits per heavy atom. The Bertz CT molecular complexity index is 149. The van der Waals surface area contributed by atoms with Gasteiger partial charge in [-0.2, -0.15) is 0 Å². The van der Waals surface area contributed by atoms with Gasteiger partial charge in [0.1, 0.15) is 0 Å². The summed E-state index contributed by atoms with van der Waals surface area (Å²) in [6.07, 6.45) is 0.122. The van der Waals surface area contributed by atoms with Crippen molar-refractivity contribution in [3.8, 4) is 0 Å². The summed E-state index contributed by atoms with van der Waals surface area (Å²) in [6.45, 7) is 1.55. The molecule has 0 N–H and O–H groups in total. The Morgan fingerprint density at radius 3 is 2.45 bits per heavy atom. The van der Waals surface area contributed by atoms with Crippen LogP contribution < -0.4 is 34.7 Å². The van der Waals surface area contributed by atoms with Gasteiger partial charge in [0.05, 0.1) is 6.42 Å². The van der Waals surface area contributed by atoms with Crippen LogP contribution in [0.2, 0.25) is 0 Å². The van der Waals surface area contributed by atoms with Crippen LogP contribution >= 0.6 is 7.80 Å². The van der Waals surface area contributed by atoms with E-state index in [1.165, 1.54) is 0 Å². The third-order valence-corrected chi connectivity index (χ3v) is 2.34. The molecule has 0 aromatic rings. The minimum Gasteiger partial charge on any atom is -0.790 e. The Balaban J connectivity index is 0. The van der Waals surface area contributed by atoms with Crippen molar-refractivity contribution >= 4 is 13.3 Å². The maximum atomic E-state index is 10.7. The van der Waals surface area contributed by atoms with E-state index in [0.717, 1.165) is 7.11 Å². The molecule has 6 heteroatoms. The number of methoxy groups -OCH3 is 1. The summed E-state index contributed by atoms with van der Waals surface area (Å²) in [5.41, 5.74) is -0.531. The summed E-state index contributed by atoms with van der Waals surface area (Å²) in [4.78, 5) is 10.5. The van der Waals surface area contributed by atoms with Crippen molar-refractivity contribution in [3.63, 3.8) is 0 Å². The molecule has 0 aliphatic rings. The molecule has 0 radical (unpaired) electrons. The first-order valence-electron chi connectivity index (χ1n) is 2.81. The monoisotopic (exact) mass is 187 g/mol. The van der Waals surface area contributed by atoms with Gasteiger partial charge >= 0.3 is 42.9 Å². The predicted octanol–water partition coefficient (Wildman–Crippen LogP) is -2.96. The molecule has 0 aromatic carbocycles. The van der Waals surface area contributed by atoms with Gasteiger partial charge in [0, 0.05) is 7.11 Å². The van der Waals surface area contributed by atoms with Gasteiger partial charge in [-0.1, -0.05) is 11.5 Å². The Morgan fingerprint density at radius 2 is 2.18 bits per heavy atom. The largest absolute Gasteiger partial charge is 1.00 e. The maximum absolute atomic E-state index is 10.7. The average molecular weight is 187 g/mol. The molecule has 0 saturated heterocycles. The van der Waals surface area contributed by atoms with Crippen LogP contribution in [0.5, 0.6) is 0 Å². The van der Waals surface area contributed by atoms with Crippen molar-refractivity contribution in [2.24, 2.45) is 0 Å². The van der Waals surface area contributed by atoms with Crippen LogP contribution in [0.15, 0.2) is 0 Å². The molecule has 0 rings (SSSR count). The van der Waals surface area contributed by atoms with Gasteiger partial charge in [-0.3, -0.25) is 0 Å². The summed E-state index contributed by atoms with van der Waals surface area (Å²) >= 11 is 0. The molecule has 0 spiro atoms. The van der Waals surface area contributed by atoms with Gasteiger partial charge < -0.3 is 9.84 Å². The maximum Gasteiger partial charge on any atom is 1.00 e. The summed E-state index contributed by atoms with van der Waals surface area (Å²) in [5, 5.41) is 10.5. The first kappa shape index (κ1) is 14.2. The van der Waals surface area contributed by atoms with E-state index in [1.807, 2.05) is 0 Å². The van der Waals surface area contributed by atoms with Crippen LogP contribution in [-0.2, 0) is 14.1 Å². The quantitative estimate of drug-likeness (QED) is 0.268.